The number of hydrogen-bond acceptors (Lipinski definition) is 3. The summed E-state index contributed by atoms with van der Waals surface area (Å²) in [5, 5.41) is 2.85. The molecule has 1 atom stereocenters. The Balaban J connectivity index is 1.62. The molecule has 19 heavy (non-hydrogen) atoms. The molecule has 1 unspecified atom stereocenters. The lowest BCUT2D eigenvalue weighted by Crippen LogP contribution is -2.38. The molecular formula is C14H19BrN2O2. The molecule has 1 saturated carbocycles. The summed E-state index contributed by atoms with van der Waals surface area (Å²) >= 11 is 3.39. The molecule has 1 aliphatic carbocycles. The summed E-state index contributed by atoms with van der Waals surface area (Å²) in [6.07, 6.45) is 2.74. The van der Waals surface area contributed by atoms with Crippen LogP contribution in [0.1, 0.15) is 19.3 Å². The largest absolute Gasteiger partial charge is 0.492 e. The Labute approximate surface area is 121 Å². The highest BCUT2D eigenvalue weighted by Gasteiger charge is 2.28. The fraction of sp³-hybridized carbons (Fsp3) is 0.500. The molecule has 0 aliphatic heterocycles. The molecule has 1 fully saturated rings. The fourth-order valence-corrected chi connectivity index (χ4v) is 2.23. The number of carbonyl (C=O) groups is 1. The van der Waals surface area contributed by atoms with Crippen LogP contribution in [0.25, 0.3) is 0 Å². The van der Waals surface area contributed by atoms with Gasteiger partial charge in [-0.2, -0.15) is 0 Å². The van der Waals surface area contributed by atoms with E-state index in [-0.39, 0.29) is 11.9 Å². The third-order valence-electron chi connectivity index (χ3n) is 3.19. The maximum atomic E-state index is 11.6. The van der Waals surface area contributed by atoms with Crippen molar-refractivity contribution in [3.63, 3.8) is 0 Å². The first-order valence-corrected chi connectivity index (χ1v) is 7.35. The molecule has 1 aliphatic rings. The number of para-hydroxylation sites is 1. The Hall–Kier alpha value is -1.07. The molecule has 1 aromatic carbocycles. The zero-order valence-corrected chi connectivity index (χ0v) is 12.4. The SMILES string of the molecule is NC(CNC(=O)CCOc1ccccc1Br)C1CC1. The van der Waals surface area contributed by atoms with E-state index in [1.54, 1.807) is 0 Å². The van der Waals surface area contributed by atoms with Gasteiger partial charge in [0.15, 0.2) is 0 Å². The Kier molecular flexibility index (Phi) is 5.22. The summed E-state index contributed by atoms with van der Waals surface area (Å²) in [5.41, 5.74) is 5.91. The van der Waals surface area contributed by atoms with Crippen LogP contribution >= 0.6 is 15.9 Å². The van der Waals surface area contributed by atoms with Crippen molar-refractivity contribution in [2.45, 2.75) is 25.3 Å². The van der Waals surface area contributed by atoms with E-state index in [9.17, 15) is 4.79 Å². The van der Waals surface area contributed by atoms with E-state index in [1.807, 2.05) is 24.3 Å². The summed E-state index contributed by atoms with van der Waals surface area (Å²) in [5.74, 6) is 1.35. The molecule has 0 aromatic heterocycles. The van der Waals surface area contributed by atoms with Crippen molar-refractivity contribution in [1.29, 1.82) is 0 Å². The standard InChI is InChI=1S/C14H19BrN2O2/c15-11-3-1-2-4-13(11)19-8-7-14(18)17-9-12(16)10-5-6-10/h1-4,10,12H,5-9,16H2,(H,17,18). The van der Waals surface area contributed by atoms with Gasteiger partial charge in [0.25, 0.3) is 0 Å². The van der Waals surface area contributed by atoms with Gasteiger partial charge in [-0.15, -0.1) is 0 Å². The van der Waals surface area contributed by atoms with E-state index >= 15 is 0 Å². The van der Waals surface area contributed by atoms with Gasteiger partial charge in [0.05, 0.1) is 17.5 Å². The van der Waals surface area contributed by atoms with Crippen LogP contribution in [0.2, 0.25) is 0 Å². The second-order valence-electron chi connectivity index (χ2n) is 4.83. The van der Waals surface area contributed by atoms with Crippen LogP contribution in [0.5, 0.6) is 5.75 Å². The summed E-state index contributed by atoms with van der Waals surface area (Å²) in [7, 11) is 0. The maximum absolute atomic E-state index is 11.6. The fourth-order valence-electron chi connectivity index (χ4n) is 1.83. The van der Waals surface area contributed by atoms with Crippen molar-refractivity contribution in [3.8, 4) is 5.75 Å². The summed E-state index contributed by atoms with van der Waals surface area (Å²) in [6, 6.07) is 7.69. The van der Waals surface area contributed by atoms with Crippen LogP contribution in [0.4, 0.5) is 0 Å². The van der Waals surface area contributed by atoms with E-state index in [4.69, 9.17) is 10.5 Å². The topological polar surface area (TPSA) is 64.3 Å². The Bertz CT molecular complexity index is 435. The van der Waals surface area contributed by atoms with Crippen molar-refractivity contribution >= 4 is 21.8 Å². The first-order valence-electron chi connectivity index (χ1n) is 6.56. The predicted molar refractivity (Wildman–Crippen MR) is 78.0 cm³/mol. The highest BCUT2D eigenvalue weighted by molar-refractivity contribution is 9.10. The number of rotatable bonds is 7. The first kappa shape index (κ1) is 14.3. The molecule has 0 bridgehead atoms. The molecule has 3 N–H and O–H groups in total. The maximum Gasteiger partial charge on any atom is 0.223 e. The number of benzene rings is 1. The molecule has 1 aromatic rings. The minimum absolute atomic E-state index is 0.0110. The van der Waals surface area contributed by atoms with Gasteiger partial charge in [-0.05, 0) is 46.8 Å². The average molecular weight is 327 g/mol. The van der Waals surface area contributed by atoms with Gasteiger partial charge >= 0.3 is 0 Å². The van der Waals surface area contributed by atoms with E-state index in [0.29, 0.717) is 25.5 Å². The summed E-state index contributed by atoms with van der Waals surface area (Å²) in [4.78, 5) is 11.6. The van der Waals surface area contributed by atoms with Crippen LogP contribution < -0.4 is 15.8 Å². The highest BCUT2D eigenvalue weighted by atomic mass is 79.9. The van der Waals surface area contributed by atoms with Gasteiger partial charge in [0.2, 0.25) is 5.91 Å². The third kappa shape index (κ3) is 4.84. The molecule has 0 saturated heterocycles. The molecule has 4 nitrogen and oxygen atoms in total. The third-order valence-corrected chi connectivity index (χ3v) is 3.84. The van der Waals surface area contributed by atoms with Crippen LogP contribution in [0, 0.1) is 5.92 Å². The van der Waals surface area contributed by atoms with Gasteiger partial charge in [0.1, 0.15) is 5.75 Å². The molecular weight excluding hydrogens is 308 g/mol. The van der Waals surface area contributed by atoms with E-state index in [2.05, 4.69) is 21.2 Å². The smallest absolute Gasteiger partial charge is 0.223 e. The molecule has 1 amide bonds. The van der Waals surface area contributed by atoms with Crippen molar-refractivity contribution in [1.82, 2.24) is 5.32 Å². The number of amides is 1. The second kappa shape index (κ2) is 6.91. The van der Waals surface area contributed by atoms with Crippen molar-refractivity contribution in [3.05, 3.63) is 28.7 Å². The van der Waals surface area contributed by atoms with Crippen LogP contribution in [0.15, 0.2) is 28.7 Å². The molecule has 0 spiro atoms. The Morgan fingerprint density at radius 3 is 2.89 bits per heavy atom. The second-order valence-corrected chi connectivity index (χ2v) is 5.69. The number of nitrogens with one attached hydrogen (secondary N) is 1. The van der Waals surface area contributed by atoms with Gasteiger partial charge < -0.3 is 15.8 Å². The number of ether oxygens (including phenoxy) is 1. The van der Waals surface area contributed by atoms with Gasteiger partial charge in [-0.3, -0.25) is 4.79 Å². The Morgan fingerprint density at radius 2 is 2.21 bits per heavy atom. The quantitative estimate of drug-likeness (QED) is 0.806. The Morgan fingerprint density at radius 1 is 1.47 bits per heavy atom. The summed E-state index contributed by atoms with van der Waals surface area (Å²) < 4.78 is 6.43. The van der Waals surface area contributed by atoms with Crippen LogP contribution in [0.3, 0.4) is 0 Å². The molecule has 2 rings (SSSR count). The lowest BCUT2D eigenvalue weighted by Gasteiger charge is -2.12. The molecule has 0 radical (unpaired) electrons. The number of carbonyl (C=O) groups excluding carboxylic acids is 1. The van der Waals surface area contributed by atoms with Gasteiger partial charge in [0, 0.05) is 12.6 Å². The lowest BCUT2D eigenvalue weighted by molar-refractivity contribution is -0.121. The molecule has 104 valence electrons. The van der Waals surface area contributed by atoms with Crippen molar-refractivity contribution in [2.24, 2.45) is 11.7 Å². The molecule has 5 heteroatoms. The minimum Gasteiger partial charge on any atom is -0.492 e. The van der Waals surface area contributed by atoms with Crippen LogP contribution in [-0.2, 0) is 4.79 Å². The lowest BCUT2D eigenvalue weighted by atomic mass is 10.2. The van der Waals surface area contributed by atoms with E-state index in [0.717, 1.165) is 10.2 Å². The van der Waals surface area contributed by atoms with Crippen molar-refractivity contribution < 1.29 is 9.53 Å². The van der Waals surface area contributed by atoms with Gasteiger partial charge in [-0.1, -0.05) is 12.1 Å². The molecule has 0 heterocycles. The average Bonchev–Trinajstić information content (AvgIpc) is 3.22. The summed E-state index contributed by atoms with van der Waals surface area (Å²) in [6.45, 7) is 0.936. The van der Waals surface area contributed by atoms with Gasteiger partial charge in [-0.25, -0.2) is 0 Å². The normalized spacial score (nSPS) is 15.9. The predicted octanol–water partition coefficient (Wildman–Crippen LogP) is 2.07. The van der Waals surface area contributed by atoms with Crippen LogP contribution in [-0.4, -0.2) is 25.1 Å². The number of nitrogens with two attached hydrogens (primary N) is 1. The highest BCUT2D eigenvalue weighted by Crippen LogP contribution is 2.31. The minimum atomic E-state index is -0.0110. The number of halogens is 1. The zero-order valence-electron chi connectivity index (χ0n) is 10.8. The van der Waals surface area contributed by atoms with Crippen molar-refractivity contribution in [2.75, 3.05) is 13.2 Å². The monoisotopic (exact) mass is 326 g/mol. The van der Waals surface area contributed by atoms with E-state index in [1.165, 1.54) is 12.8 Å². The first-order chi connectivity index (χ1) is 9.16. The number of hydrogen-bond donors (Lipinski definition) is 2. The zero-order chi connectivity index (χ0) is 13.7. The van der Waals surface area contributed by atoms with E-state index < -0.39 is 0 Å².